The summed E-state index contributed by atoms with van der Waals surface area (Å²) < 4.78 is 0. The minimum absolute atomic E-state index is 0.244. The van der Waals surface area contributed by atoms with E-state index in [2.05, 4.69) is 15.4 Å². The van der Waals surface area contributed by atoms with Crippen molar-refractivity contribution in [1.82, 2.24) is 4.90 Å². The number of rotatable bonds is 7. The fraction of sp³-hybridized carbons (Fsp3) is 0.348. The first-order chi connectivity index (χ1) is 14.6. The van der Waals surface area contributed by atoms with Crippen LogP contribution in [0.2, 0.25) is 0 Å². The molecule has 3 rings (SSSR count). The maximum atomic E-state index is 12.4. The van der Waals surface area contributed by atoms with Crippen molar-refractivity contribution in [3.8, 4) is 6.07 Å². The van der Waals surface area contributed by atoms with Gasteiger partial charge in [-0.2, -0.15) is 5.26 Å². The lowest BCUT2D eigenvalue weighted by molar-refractivity contribution is -0.126. The van der Waals surface area contributed by atoms with Crippen molar-refractivity contribution in [2.24, 2.45) is 10.9 Å². The Balaban J connectivity index is 1.62. The molecule has 0 spiro atoms. The molecule has 0 radical (unpaired) electrons. The number of nitrogens with one attached hydrogen (secondary N) is 1. The molecule has 7 nitrogen and oxygen atoms in total. The molecular formula is C23H27N5O2. The molecule has 1 heterocycles. The van der Waals surface area contributed by atoms with Crippen LogP contribution >= 0.6 is 0 Å². The van der Waals surface area contributed by atoms with Crippen LogP contribution in [0.4, 0.5) is 5.69 Å². The summed E-state index contributed by atoms with van der Waals surface area (Å²) in [5.74, 6) is -0.128. The third-order valence-electron chi connectivity index (χ3n) is 5.07. The Morgan fingerprint density at radius 1 is 1.23 bits per heavy atom. The number of amidine groups is 1. The summed E-state index contributed by atoms with van der Waals surface area (Å²) in [7, 11) is 0. The van der Waals surface area contributed by atoms with E-state index in [1.165, 1.54) is 19.3 Å². The van der Waals surface area contributed by atoms with E-state index in [-0.39, 0.29) is 11.7 Å². The quantitative estimate of drug-likeness (QED) is 0.418. The topological polar surface area (TPSA) is 104 Å². The zero-order chi connectivity index (χ0) is 21.3. The lowest BCUT2D eigenvalue weighted by Gasteiger charge is -2.27. The second kappa shape index (κ2) is 10.4. The number of benzene rings is 2. The monoisotopic (exact) mass is 405 g/mol. The van der Waals surface area contributed by atoms with Crippen LogP contribution in [0.1, 0.15) is 42.9 Å². The summed E-state index contributed by atoms with van der Waals surface area (Å²) in [5, 5.41) is 15.7. The molecule has 30 heavy (non-hydrogen) atoms. The van der Waals surface area contributed by atoms with Crippen LogP contribution in [0.15, 0.2) is 53.7 Å². The fourth-order valence-electron chi connectivity index (χ4n) is 3.41. The van der Waals surface area contributed by atoms with Gasteiger partial charge in [0.15, 0.2) is 5.84 Å². The Labute approximate surface area is 177 Å². The highest BCUT2D eigenvalue weighted by atomic mass is 16.6. The highest BCUT2D eigenvalue weighted by Crippen LogP contribution is 2.16. The molecule has 1 amide bonds. The van der Waals surface area contributed by atoms with Crippen LogP contribution in [0.5, 0.6) is 0 Å². The molecular weight excluding hydrogens is 378 g/mol. The Morgan fingerprint density at radius 3 is 2.77 bits per heavy atom. The van der Waals surface area contributed by atoms with Crippen LogP contribution in [-0.4, -0.2) is 35.8 Å². The van der Waals surface area contributed by atoms with E-state index >= 15 is 0 Å². The number of amides is 1. The Kier molecular flexibility index (Phi) is 7.41. The molecule has 0 aromatic heterocycles. The van der Waals surface area contributed by atoms with Gasteiger partial charge in [-0.25, -0.2) is 0 Å². The Hall–Kier alpha value is -3.37. The van der Waals surface area contributed by atoms with E-state index in [0.717, 1.165) is 30.8 Å². The minimum Gasteiger partial charge on any atom is -0.381 e. The predicted octanol–water partition coefficient (Wildman–Crippen LogP) is 3.21. The molecule has 0 aliphatic carbocycles. The molecule has 1 saturated heterocycles. The maximum Gasteiger partial charge on any atom is 0.267 e. The number of carbonyl (C=O) groups is 1. The summed E-state index contributed by atoms with van der Waals surface area (Å²) >= 11 is 0. The van der Waals surface area contributed by atoms with Crippen molar-refractivity contribution < 1.29 is 9.63 Å². The number of hydrogen-bond acceptors (Lipinski definition) is 5. The van der Waals surface area contributed by atoms with Crippen LogP contribution in [0.25, 0.3) is 0 Å². The van der Waals surface area contributed by atoms with Gasteiger partial charge in [0.1, 0.15) is 0 Å². The molecule has 1 fully saturated rings. The first kappa shape index (κ1) is 21.3. The first-order valence-electron chi connectivity index (χ1n) is 10.2. The molecule has 1 atom stereocenters. The zero-order valence-electron chi connectivity index (χ0n) is 17.2. The maximum absolute atomic E-state index is 12.4. The van der Waals surface area contributed by atoms with Gasteiger partial charge in [0, 0.05) is 17.8 Å². The van der Waals surface area contributed by atoms with Crippen molar-refractivity contribution in [1.29, 1.82) is 5.26 Å². The predicted molar refractivity (Wildman–Crippen MR) is 117 cm³/mol. The summed E-state index contributed by atoms with van der Waals surface area (Å²) in [4.78, 5) is 20.1. The third kappa shape index (κ3) is 5.82. The van der Waals surface area contributed by atoms with Crippen molar-refractivity contribution in [2.75, 3.05) is 18.4 Å². The number of nitrogens with two attached hydrogens (primary N) is 1. The number of piperidine rings is 1. The molecule has 2 aromatic rings. The number of hydrogen-bond donors (Lipinski definition) is 2. The normalized spacial score (nSPS) is 15.8. The molecule has 1 aliphatic rings. The highest BCUT2D eigenvalue weighted by molar-refractivity contribution is 5.98. The van der Waals surface area contributed by atoms with Crippen molar-refractivity contribution in [2.45, 2.75) is 38.8 Å². The largest absolute Gasteiger partial charge is 0.381 e. The van der Waals surface area contributed by atoms with Gasteiger partial charge in [0.05, 0.1) is 11.6 Å². The van der Waals surface area contributed by atoms with Gasteiger partial charge in [0.2, 0.25) is 6.10 Å². The van der Waals surface area contributed by atoms with Gasteiger partial charge in [0.25, 0.3) is 5.91 Å². The van der Waals surface area contributed by atoms with Gasteiger partial charge in [-0.05, 0) is 56.6 Å². The fourth-order valence-corrected chi connectivity index (χ4v) is 3.41. The number of carbonyl (C=O) groups excluding carboxylic acids is 1. The third-order valence-corrected chi connectivity index (χ3v) is 5.07. The van der Waals surface area contributed by atoms with Crippen LogP contribution in [0.3, 0.4) is 0 Å². The lowest BCUT2D eigenvalue weighted by Crippen LogP contribution is -2.30. The van der Waals surface area contributed by atoms with Gasteiger partial charge in [-0.1, -0.05) is 41.9 Å². The van der Waals surface area contributed by atoms with Gasteiger partial charge in [-0.15, -0.1) is 0 Å². The highest BCUT2D eigenvalue weighted by Gasteiger charge is 2.17. The van der Waals surface area contributed by atoms with E-state index < -0.39 is 6.10 Å². The van der Waals surface area contributed by atoms with E-state index in [9.17, 15) is 4.79 Å². The molecule has 1 aliphatic heterocycles. The van der Waals surface area contributed by atoms with Gasteiger partial charge >= 0.3 is 0 Å². The molecule has 2 aromatic carbocycles. The van der Waals surface area contributed by atoms with E-state index in [1.807, 2.05) is 30.3 Å². The van der Waals surface area contributed by atoms with Gasteiger partial charge in [-0.3, -0.25) is 9.69 Å². The van der Waals surface area contributed by atoms with E-state index in [1.54, 1.807) is 31.2 Å². The zero-order valence-corrected chi connectivity index (χ0v) is 17.2. The van der Waals surface area contributed by atoms with Crippen molar-refractivity contribution in [3.63, 3.8) is 0 Å². The second-order valence-corrected chi connectivity index (χ2v) is 7.40. The summed E-state index contributed by atoms with van der Waals surface area (Å²) in [5.41, 5.74) is 9.08. The van der Waals surface area contributed by atoms with E-state index in [4.69, 9.17) is 15.8 Å². The first-order valence-corrected chi connectivity index (χ1v) is 10.2. The summed E-state index contributed by atoms with van der Waals surface area (Å²) in [6.07, 6.45) is 2.89. The van der Waals surface area contributed by atoms with Crippen LogP contribution < -0.4 is 11.1 Å². The molecule has 0 bridgehead atoms. The smallest absolute Gasteiger partial charge is 0.267 e. The molecule has 3 N–H and O–H groups in total. The van der Waals surface area contributed by atoms with E-state index in [0.29, 0.717) is 11.3 Å². The Morgan fingerprint density at radius 2 is 2.00 bits per heavy atom. The number of anilines is 1. The van der Waals surface area contributed by atoms with Crippen LogP contribution in [-0.2, 0) is 16.2 Å². The lowest BCUT2D eigenvalue weighted by atomic mass is 10.0. The number of nitrogens with zero attached hydrogens (tertiary/aromatic N) is 3. The standard InChI is InChI=1S/C23H27N5O2/c1-17(23(29)26-20-10-7-8-18(14-20)15-24)30-27-22(25)21-11-4-3-9-19(21)16-28-12-5-2-6-13-28/h3-4,7-11,14,17H,2,5-6,12-13,16H2,1H3,(H2,25,27)(H,26,29). The van der Waals surface area contributed by atoms with Crippen molar-refractivity contribution >= 4 is 17.4 Å². The molecule has 7 heteroatoms. The minimum atomic E-state index is -0.844. The number of nitriles is 1. The van der Waals surface area contributed by atoms with Crippen molar-refractivity contribution in [3.05, 3.63) is 65.2 Å². The number of oxime groups is 1. The average molecular weight is 406 g/mol. The average Bonchev–Trinajstić information content (AvgIpc) is 2.78. The van der Waals surface area contributed by atoms with Gasteiger partial charge < -0.3 is 15.9 Å². The molecule has 0 saturated carbocycles. The summed E-state index contributed by atoms with van der Waals surface area (Å²) in [6, 6.07) is 16.6. The molecule has 1 unspecified atom stereocenters. The summed E-state index contributed by atoms with van der Waals surface area (Å²) in [6.45, 7) is 4.59. The van der Waals surface area contributed by atoms with Crippen LogP contribution in [0, 0.1) is 11.3 Å². The number of likely N-dealkylation sites (tertiary alicyclic amines) is 1. The SMILES string of the molecule is CC(O/N=C(/N)c1ccccc1CN1CCCCC1)C(=O)Nc1cccc(C#N)c1. The Bertz CT molecular complexity index is 945. The molecule has 156 valence electrons. The second-order valence-electron chi connectivity index (χ2n) is 7.40.